The summed E-state index contributed by atoms with van der Waals surface area (Å²) in [5.41, 5.74) is 0.954. The Balaban J connectivity index is 1.28. The summed E-state index contributed by atoms with van der Waals surface area (Å²) in [6, 6.07) is 9.81. The molecule has 1 amide bonds. The fourth-order valence-corrected chi connectivity index (χ4v) is 2.95. The molecule has 0 spiro atoms. The third-order valence-electron chi connectivity index (χ3n) is 4.68. The molecule has 6 nitrogen and oxygen atoms in total. The molecule has 130 valence electrons. The minimum atomic E-state index is 0.135. The highest BCUT2D eigenvalue weighted by Crippen LogP contribution is 2.30. The molecule has 0 N–H and O–H groups in total. The van der Waals surface area contributed by atoms with Gasteiger partial charge in [0.05, 0.1) is 6.54 Å². The number of amides is 1. The second kappa shape index (κ2) is 7.19. The number of benzene rings is 1. The molecule has 6 heteroatoms. The van der Waals surface area contributed by atoms with Crippen molar-refractivity contribution in [2.75, 3.05) is 26.2 Å². The van der Waals surface area contributed by atoms with Crippen molar-refractivity contribution in [3.8, 4) is 11.4 Å². The van der Waals surface area contributed by atoms with Crippen LogP contribution in [0.3, 0.4) is 0 Å². The number of carbonyl (C=O) groups excluding carboxylic acids is 1. The number of allylic oxidation sites excluding steroid dienone is 1. The number of hydrogen-bond donors (Lipinski definition) is 0. The van der Waals surface area contributed by atoms with Gasteiger partial charge in [-0.25, -0.2) is 0 Å². The molecule has 1 aliphatic carbocycles. The summed E-state index contributed by atoms with van der Waals surface area (Å²) in [5, 5.41) is 4.06. The van der Waals surface area contributed by atoms with Crippen molar-refractivity contribution in [3.63, 3.8) is 0 Å². The molecule has 2 aromatic rings. The van der Waals surface area contributed by atoms with Gasteiger partial charge in [-0.2, -0.15) is 4.98 Å². The summed E-state index contributed by atoms with van der Waals surface area (Å²) in [5.74, 6) is 2.01. The van der Waals surface area contributed by atoms with Crippen molar-refractivity contribution in [2.24, 2.45) is 5.92 Å². The zero-order valence-corrected chi connectivity index (χ0v) is 14.2. The number of carbonyl (C=O) groups is 1. The van der Waals surface area contributed by atoms with E-state index in [1.165, 1.54) is 12.8 Å². The molecular formula is C19H22N4O2. The van der Waals surface area contributed by atoms with E-state index in [1.807, 2.05) is 35.2 Å². The Morgan fingerprint density at radius 1 is 1.16 bits per heavy atom. The minimum Gasteiger partial charge on any atom is -0.338 e. The van der Waals surface area contributed by atoms with E-state index in [0.717, 1.165) is 31.7 Å². The molecule has 1 saturated carbocycles. The summed E-state index contributed by atoms with van der Waals surface area (Å²) < 4.78 is 5.37. The van der Waals surface area contributed by atoms with Gasteiger partial charge < -0.3 is 9.42 Å². The van der Waals surface area contributed by atoms with Gasteiger partial charge in [-0.3, -0.25) is 9.69 Å². The number of nitrogens with zero attached hydrogens (tertiary/aromatic N) is 4. The first-order valence-corrected chi connectivity index (χ1v) is 8.85. The molecule has 2 heterocycles. The van der Waals surface area contributed by atoms with Gasteiger partial charge in [-0.15, -0.1) is 0 Å². The van der Waals surface area contributed by atoms with Gasteiger partial charge in [0.1, 0.15) is 0 Å². The summed E-state index contributed by atoms with van der Waals surface area (Å²) in [6.45, 7) is 3.76. The smallest absolute Gasteiger partial charge is 0.246 e. The molecule has 0 unspecified atom stereocenters. The number of rotatable bonds is 5. The van der Waals surface area contributed by atoms with E-state index in [0.29, 0.717) is 24.2 Å². The lowest BCUT2D eigenvalue weighted by Crippen LogP contribution is -2.47. The van der Waals surface area contributed by atoms with Gasteiger partial charge in [0, 0.05) is 31.7 Å². The van der Waals surface area contributed by atoms with Crippen LogP contribution in [-0.4, -0.2) is 52.0 Å². The molecule has 0 bridgehead atoms. The summed E-state index contributed by atoms with van der Waals surface area (Å²) >= 11 is 0. The zero-order valence-electron chi connectivity index (χ0n) is 14.2. The van der Waals surface area contributed by atoms with Gasteiger partial charge in [-0.1, -0.05) is 41.6 Å². The van der Waals surface area contributed by atoms with Crippen molar-refractivity contribution in [1.29, 1.82) is 0 Å². The summed E-state index contributed by atoms with van der Waals surface area (Å²) in [6.07, 6.45) is 6.26. The van der Waals surface area contributed by atoms with E-state index in [1.54, 1.807) is 6.08 Å². The Hall–Kier alpha value is -2.47. The first-order chi connectivity index (χ1) is 12.3. The van der Waals surface area contributed by atoms with Crippen molar-refractivity contribution in [3.05, 3.63) is 48.4 Å². The molecule has 1 aliphatic heterocycles. The fourth-order valence-electron chi connectivity index (χ4n) is 2.95. The van der Waals surface area contributed by atoms with Gasteiger partial charge in [0.2, 0.25) is 17.6 Å². The van der Waals surface area contributed by atoms with E-state index in [9.17, 15) is 4.79 Å². The quantitative estimate of drug-likeness (QED) is 0.783. The van der Waals surface area contributed by atoms with Crippen LogP contribution in [0.1, 0.15) is 18.7 Å². The van der Waals surface area contributed by atoms with Crippen LogP contribution in [0, 0.1) is 5.92 Å². The van der Waals surface area contributed by atoms with E-state index in [4.69, 9.17) is 4.52 Å². The largest absolute Gasteiger partial charge is 0.338 e. The Kier molecular flexibility index (Phi) is 4.61. The standard InChI is InChI=1S/C19H22N4O2/c24-18(9-8-15-6-7-15)23-12-10-22(11-13-23)14-17-20-19(21-25-17)16-4-2-1-3-5-16/h1-5,8-9,15H,6-7,10-14H2/b9-8+. The van der Waals surface area contributed by atoms with Crippen LogP contribution in [0.15, 0.2) is 47.0 Å². The maximum absolute atomic E-state index is 12.1. The predicted octanol–water partition coefficient (Wildman–Crippen LogP) is 2.35. The molecule has 25 heavy (non-hydrogen) atoms. The van der Waals surface area contributed by atoms with Crippen molar-refractivity contribution in [1.82, 2.24) is 19.9 Å². The average Bonchev–Trinajstić information content (AvgIpc) is 3.38. The molecule has 2 aliphatic rings. The van der Waals surface area contributed by atoms with E-state index in [-0.39, 0.29) is 5.91 Å². The number of aromatic nitrogens is 2. The molecule has 2 fully saturated rings. The third kappa shape index (κ3) is 4.14. The molecule has 1 saturated heterocycles. The van der Waals surface area contributed by atoms with Crippen LogP contribution in [-0.2, 0) is 11.3 Å². The van der Waals surface area contributed by atoms with Gasteiger partial charge in [0.15, 0.2) is 0 Å². The molecule has 0 atom stereocenters. The number of hydrogen-bond acceptors (Lipinski definition) is 5. The van der Waals surface area contributed by atoms with Crippen molar-refractivity contribution >= 4 is 5.91 Å². The van der Waals surface area contributed by atoms with Crippen molar-refractivity contribution in [2.45, 2.75) is 19.4 Å². The van der Waals surface area contributed by atoms with Crippen LogP contribution in [0.5, 0.6) is 0 Å². The molecule has 1 aromatic carbocycles. The predicted molar refractivity (Wildman–Crippen MR) is 93.5 cm³/mol. The highest BCUT2D eigenvalue weighted by molar-refractivity contribution is 5.87. The van der Waals surface area contributed by atoms with Crippen LogP contribution >= 0.6 is 0 Å². The van der Waals surface area contributed by atoms with E-state index >= 15 is 0 Å². The SMILES string of the molecule is O=C(/C=C/C1CC1)N1CCN(Cc2nc(-c3ccccc3)no2)CC1. The maximum Gasteiger partial charge on any atom is 0.246 e. The maximum atomic E-state index is 12.1. The summed E-state index contributed by atoms with van der Waals surface area (Å²) in [7, 11) is 0. The van der Waals surface area contributed by atoms with Gasteiger partial charge >= 0.3 is 0 Å². The second-order valence-electron chi connectivity index (χ2n) is 6.68. The topological polar surface area (TPSA) is 62.5 Å². The van der Waals surface area contributed by atoms with Crippen molar-refractivity contribution < 1.29 is 9.32 Å². The molecule has 1 aromatic heterocycles. The Labute approximate surface area is 147 Å². The average molecular weight is 338 g/mol. The highest BCUT2D eigenvalue weighted by Gasteiger charge is 2.23. The van der Waals surface area contributed by atoms with E-state index in [2.05, 4.69) is 21.1 Å². The van der Waals surface area contributed by atoms with Gasteiger partial charge in [-0.05, 0) is 24.8 Å². The Bertz CT molecular complexity index is 744. The van der Waals surface area contributed by atoms with Crippen LogP contribution in [0.4, 0.5) is 0 Å². The molecule has 0 radical (unpaired) electrons. The zero-order chi connectivity index (χ0) is 17.1. The molecular weight excluding hydrogens is 316 g/mol. The normalized spacial score (nSPS) is 18.8. The van der Waals surface area contributed by atoms with Crippen LogP contribution in [0.2, 0.25) is 0 Å². The lowest BCUT2D eigenvalue weighted by molar-refractivity contribution is -0.127. The highest BCUT2D eigenvalue weighted by atomic mass is 16.5. The Morgan fingerprint density at radius 3 is 2.64 bits per heavy atom. The van der Waals surface area contributed by atoms with Crippen LogP contribution < -0.4 is 0 Å². The second-order valence-corrected chi connectivity index (χ2v) is 6.68. The van der Waals surface area contributed by atoms with E-state index < -0.39 is 0 Å². The first-order valence-electron chi connectivity index (χ1n) is 8.85. The monoisotopic (exact) mass is 338 g/mol. The van der Waals surface area contributed by atoms with Gasteiger partial charge in [0.25, 0.3) is 0 Å². The summed E-state index contributed by atoms with van der Waals surface area (Å²) in [4.78, 5) is 20.8. The Morgan fingerprint density at radius 2 is 1.92 bits per heavy atom. The minimum absolute atomic E-state index is 0.135. The lowest BCUT2D eigenvalue weighted by atomic mass is 10.2. The number of piperazine rings is 1. The van der Waals surface area contributed by atoms with Crippen LogP contribution in [0.25, 0.3) is 11.4 Å². The lowest BCUT2D eigenvalue weighted by Gasteiger charge is -2.33. The third-order valence-corrected chi connectivity index (χ3v) is 4.68. The first kappa shape index (κ1) is 16.0. The molecule has 4 rings (SSSR count). The fraction of sp³-hybridized carbons (Fsp3) is 0.421.